The van der Waals surface area contributed by atoms with Crippen molar-refractivity contribution < 1.29 is 9.53 Å². The molecule has 16 heavy (non-hydrogen) atoms. The fourth-order valence-electron chi connectivity index (χ4n) is 3.22. The van der Waals surface area contributed by atoms with Gasteiger partial charge in [-0.15, -0.1) is 0 Å². The lowest BCUT2D eigenvalue weighted by molar-refractivity contribution is -0.178. The number of nitrogens with two attached hydrogens (primary N) is 1. The van der Waals surface area contributed by atoms with Crippen molar-refractivity contribution in [2.45, 2.75) is 70.4 Å². The maximum Gasteiger partial charge on any atom is 0.312 e. The third-order valence-corrected chi connectivity index (χ3v) is 3.79. The molecule has 2 N–H and O–H groups in total. The molecule has 3 rings (SSSR count). The van der Waals surface area contributed by atoms with Crippen molar-refractivity contribution in [1.29, 1.82) is 0 Å². The fraction of sp³-hybridized carbons (Fsp3) is 0.923. The highest BCUT2D eigenvalue weighted by Gasteiger charge is 2.58. The molecule has 3 aliphatic rings. The van der Waals surface area contributed by atoms with Crippen molar-refractivity contribution in [3.63, 3.8) is 0 Å². The molecule has 0 heterocycles. The molecule has 0 radical (unpaired) electrons. The Balaban J connectivity index is 2.07. The lowest BCUT2D eigenvalue weighted by atomic mass is 9.57. The summed E-state index contributed by atoms with van der Waals surface area (Å²) >= 11 is 0. The van der Waals surface area contributed by atoms with E-state index in [1.54, 1.807) is 0 Å². The van der Waals surface area contributed by atoms with E-state index in [1.807, 2.05) is 20.8 Å². The Morgan fingerprint density at radius 3 is 2.31 bits per heavy atom. The topological polar surface area (TPSA) is 52.3 Å². The van der Waals surface area contributed by atoms with Gasteiger partial charge in [0.25, 0.3) is 0 Å². The minimum atomic E-state index is -0.384. The van der Waals surface area contributed by atoms with Crippen LogP contribution in [0.25, 0.3) is 0 Å². The van der Waals surface area contributed by atoms with Crippen LogP contribution in [0.2, 0.25) is 0 Å². The lowest BCUT2D eigenvalue weighted by Gasteiger charge is -2.51. The number of esters is 1. The summed E-state index contributed by atoms with van der Waals surface area (Å²) in [7, 11) is 0. The molecule has 3 fully saturated rings. The SMILES string of the molecule is CC(C)(C)OC(=O)C12CCCCC(N)(C1)C2. The van der Waals surface area contributed by atoms with Crippen LogP contribution in [0, 0.1) is 5.41 Å². The first-order valence-corrected chi connectivity index (χ1v) is 6.27. The molecule has 3 nitrogen and oxygen atoms in total. The zero-order chi connectivity index (χ0) is 12.0. The maximum absolute atomic E-state index is 12.2. The molecule has 3 saturated carbocycles. The Morgan fingerprint density at radius 2 is 1.75 bits per heavy atom. The number of carbonyl (C=O) groups excluding carboxylic acids is 1. The maximum atomic E-state index is 12.2. The van der Waals surface area contributed by atoms with E-state index in [0.717, 1.165) is 38.5 Å². The summed E-state index contributed by atoms with van der Waals surface area (Å²) in [5.74, 6) is -0.0250. The number of rotatable bonds is 1. The normalized spacial score (nSPS) is 38.5. The second kappa shape index (κ2) is 3.46. The van der Waals surface area contributed by atoms with E-state index in [-0.39, 0.29) is 22.5 Å². The van der Waals surface area contributed by atoms with Gasteiger partial charge in [-0.25, -0.2) is 0 Å². The van der Waals surface area contributed by atoms with Crippen LogP contribution in [0.1, 0.15) is 59.3 Å². The Kier molecular flexibility index (Phi) is 2.57. The molecule has 0 aromatic rings. The fourth-order valence-corrected chi connectivity index (χ4v) is 3.22. The molecule has 0 spiro atoms. The van der Waals surface area contributed by atoms with Gasteiger partial charge in [-0.1, -0.05) is 12.8 Å². The molecule has 0 aromatic heterocycles. The molecular formula is C13H23NO2. The van der Waals surface area contributed by atoms with Crippen molar-refractivity contribution in [1.82, 2.24) is 0 Å². The monoisotopic (exact) mass is 225 g/mol. The van der Waals surface area contributed by atoms with Gasteiger partial charge in [0.1, 0.15) is 5.60 Å². The van der Waals surface area contributed by atoms with E-state index >= 15 is 0 Å². The van der Waals surface area contributed by atoms with Gasteiger partial charge >= 0.3 is 5.97 Å². The number of hydrogen-bond acceptors (Lipinski definition) is 3. The molecule has 2 bridgehead atoms. The first-order valence-electron chi connectivity index (χ1n) is 6.27. The summed E-state index contributed by atoms with van der Waals surface area (Å²) in [4.78, 5) is 12.2. The van der Waals surface area contributed by atoms with Gasteiger partial charge in [0.15, 0.2) is 0 Å². The van der Waals surface area contributed by atoms with E-state index in [0.29, 0.717) is 0 Å². The standard InChI is InChI=1S/C13H23NO2/c1-11(2,3)16-10(15)12-6-4-5-7-13(14,8-12)9-12/h4-9,14H2,1-3H3. The van der Waals surface area contributed by atoms with Gasteiger partial charge in [0.2, 0.25) is 0 Å². The molecule has 0 amide bonds. The summed E-state index contributed by atoms with van der Waals surface area (Å²) in [6.45, 7) is 5.77. The van der Waals surface area contributed by atoms with E-state index in [4.69, 9.17) is 10.5 Å². The van der Waals surface area contributed by atoms with Crippen molar-refractivity contribution >= 4 is 5.97 Å². The zero-order valence-corrected chi connectivity index (χ0v) is 10.6. The molecule has 0 atom stereocenters. The van der Waals surface area contributed by atoms with Crippen LogP contribution in [0.3, 0.4) is 0 Å². The summed E-state index contributed by atoms with van der Waals surface area (Å²) in [5, 5.41) is 0. The van der Waals surface area contributed by atoms with Gasteiger partial charge in [-0.05, 0) is 46.5 Å². The molecule has 3 aliphatic carbocycles. The third kappa shape index (κ3) is 2.10. The Labute approximate surface area is 97.7 Å². The van der Waals surface area contributed by atoms with Crippen molar-refractivity contribution in [2.75, 3.05) is 0 Å². The minimum absolute atomic E-state index is 0.0250. The molecule has 0 aromatic carbocycles. The van der Waals surface area contributed by atoms with Gasteiger partial charge < -0.3 is 10.5 Å². The lowest BCUT2D eigenvalue weighted by Crippen LogP contribution is -2.60. The predicted molar refractivity (Wildman–Crippen MR) is 62.9 cm³/mol. The van der Waals surface area contributed by atoms with E-state index < -0.39 is 0 Å². The van der Waals surface area contributed by atoms with Crippen LogP contribution in [-0.4, -0.2) is 17.1 Å². The Morgan fingerprint density at radius 1 is 1.19 bits per heavy atom. The van der Waals surface area contributed by atoms with Crippen LogP contribution < -0.4 is 5.73 Å². The highest BCUT2D eigenvalue weighted by atomic mass is 16.6. The summed E-state index contributed by atoms with van der Waals surface area (Å²) in [6, 6.07) is 0. The van der Waals surface area contributed by atoms with Crippen LogP contribution in [-0.2, 0) is 9.53 Å². The van der Waals surface area contributed by atoms with Crippen molar-refractivity contribution in [3.8, 4) is 0 Å². The van der Waals surface area contributed by atoms with E-state index in [1.165, 1.54) is 0 Å². The molecule has 0 saturated heterocycles. The van der Waals surface area contributed by atoms with Gasteiger partial charge in [0, 0.05) is 5.54 Å². The number of ether oxygens (including phenoxy) is 1. The van der Waals surface area contributed by atoms with Crippen molar-refractivity contribution in [3.05, 3.63) is 0 Å². The van der Waals surface area contributed by atoms with Gasteiger partial charge in [-0.2, -0.15) is 0 Å². The minimum Gasteiger partial charge on any atom is -0.460 e. The predicted octanol–water partition coefficient (Wildman–Crippen LogP) is 2.38. The van der Waals surface area contributed by atoms with Crippen LogP contribution in [0.4, 0.5) is 0 Å². The average molecular weight is 225 g/mol. The second-order valence-corrected chi connectivity index (χ2v) is 6.71. The summed E-state index contributed by atoms with van der Waals surface area (Å²) < 4.78 is 5.52. The Hall–Kier alpha value is -0.570. The van der Waals surface area contributed by atoms with Gasteiger partial charge in [-0.3, -0.25) is 4.79 Å². The molecule has 3 heteroatoms. The number of fused-ring (bicyclic) bond motifs is 3. The van der Waals surface area contributed by atoms with Crippen LogP contribution in [0.5, 0.6) is 0 Å². The summed E-state index contributed by atoms with van der Waals surface area (Å²) in [5.41, 5.74) is 5.51. The third-order valence-electron chi connectivity index (χ3n) is 3.79. The largest absolute Gasteiger partial charge is 0.460 e. The quantitative estimate of drug-likeness (QED) is 0.697. The number of carbonyl (C=O) groups is 1. The molecule has 0 aliphatic heterocycles. The molecular weight excluding hydrogens is 202 g/mol. The molecule has 92 valence electrons. The zero-order valence-electron chi connectivity index (χ0n) is 10.6. The van der Waals surface area contributed by atoms with Crippen molar-refractivity contribution in [2.24, 2.45) is 11.1 Å². The van der Waals surface area contributed by atoms with Crippen LogP contribution in [0.15, 0.2) is 0 Å². The highest BCUT2D eigenvalue weighted by Crippen LogP contribution is 2.56. The van der Waals surface area contributed by atoms with E-state index in [9.17, 15) is 4.79 Å². The first kappa shape index (κ1) is 11.9. The number of hydrogen-bond donors (Lipinski definition) is 1. The van der Waals surface area contributed by atoms with Crippen LogP contribution >= 0.6 is 0 Å². The molecule has 0 unspecified atom stereocenters. The Bertz CT molecular complexity index is 298. The first-order chi connectivity index (χ1) is 7.25. The van der Waals surface area contributed by atoms with Gasteiger partial charge in [0.05, 0.1) is 5.41 Å². The average Bonchev–Trinajstić information content (AvgIpc) is 2.30. The highest BCUT2D eigenvalue weighted by molar-refractivity contribution is 5.79. The second-order valence-electron chi connectivity index (χ2n) is 6.71. The van der Waals surface area contributed by atoms with E-state index in [2.05, 4.69) is 0 Å². The summed E-state index contributed by atoms with van der Waals surface area (Å²) in [6.07, 6.45) is 5.95. The smallest absolute Gasteiger partial charge is 0.312 e.